The molecular weight excluding hydrogens is 182 g/mol. The maximum Gasteiger partial charge on any atom is 0.310 e. The van der Waals surface area contributed by atoms with Gasteiger partial charge in [-0.25, -0.2) is 0 Å². The fraction of sp³-hybridized carbons (Fsp3) is 0.200. The Morgan fingerprint density at radius 3 is 2.36 bits per heavy atom. The summed E-state index contributed by atoms with van der Waals surface area (Å²) in [5.74, 6) is -1.63. The van der Waals surface area contributed by atoms with E-state index in [1.165, 1.54) is 0 Å². The SMILES string of the molecule is NC(C(=O)CC(=O)O)c1ccccc1. The first-order valence-corrected chi connectivity index (χ1v) is 4.16. The number of nitrogens with two attached hydrogens (primary N) is 1. The second kappa shape index (κ2) is 4.53. The normalized spacial score (nSPS) is 12.1. The third-order valence-electron chi connectivity index (χ3n) is 1.83. The van der Waals surface area contributed by atoms with E-state index in [1.807, 2.05) is 0 Å². The molecule has 0 spiro atoms. The Morgan fingerprint density at radius 2 is 1.86 bits per heavy atom. The van der Waals surface area contributed by atoms with Crippen LogP contribution in [0.15, 0.2) is 30.3 Å². The zero-order valence-corrected chi connectivity index (χ0v) is 7.51. The number of carboxylic acids is 1. The van der Waals surface area contributed by atoms with Gasteiger partial charge in [0, 0.05) is 0 Å². The van der Waals surface area contributed by atoms with Crippen LogP contribution in [0.1, 0.15) is 18.0 Å². The van der Waals surface area contributed by atoms with Crippen LogP contribution in [0.25, 0.3) is 0 Å². The zero-order chi connectivity index (χ0) is 10.6. The molecule has 1 atom stereocenters. The molecule has 0 aromatic heterocycles. The van der Waals surface area contributed by atoms with E-state index in [9.17, 15) is 9.59 Å². The number of carbonyl (C=O) groups is 2. The van der Waals surface area contributed by atoms with Crippen molar-refractivity contribution in [2.45, 2.75) is 12.5 Å². The second-order valence-electron chi connectivity index (χ2n) is 2.93. The van der Waals surface area contributed by atoms with Gasteiger partial charge in [-0.2, -0.15) is 0 Å². The summed E-state index contributed by atoms with van der Waals surface area (Å²) in [7, 11) is 0. The number of aliphatic carboxylic acids is 1. The van der Waals surface area contributed by atoms with Gasteiger partial charge in [0.15, 0.2) is 5.78 Å². The summed E-state index contributed by atoms with van der Waals surface area (Å²) in [5.41, 5.74) is 6.21. The van der Waals surface area contributed by atoms with Crippen molar-refractivity contribution in [3.63, 3.8) is 0 Å². The number of benzene rings is 1. The molecule has 0 bridgehead atoms. The van der Waals surface area contributed by atoms with Gasteiger partial charge in [-0.05, 0) is 5.56 Å². The van der Waals surface area contributed by atoms with Gasteiger partial charge in [0.1, 0.15) is 6.42 Å². The Labute approximate surface area is 81.3 Å². The highest BCUT2D eigenvalue weighted by atomic mass is 16.4. The van der Waals surface area contributed by atoms with Crippen molar-refractivity contribution in [2.75, 3.05) is 0 Å². The van der Waals surface area contributed by atoms with E-state index in [0.717, 1.165) is 0 Å². The summed E-state index contributed by atoms with van der Waals surface area (Å²) in [5, 5.41) is 8.40. The van der Waals surface area contributed by atoms with E-state index in [2.05, 4.69) is 0 Å². The Bertz CT molecular complexity index is 334. The summed E-state index contributed by atoms with van der Waals surface area (Å²) in [6.45, 7) is 0. The van der Waals surface area contributed by atoms with E-state index < -0.39 is 24.2 Å². The summed E-state index contributed by atoms with van der Waals surface area (Å²) >= 11 is 0. The van der Waals surface area contributed by atoms with Crippen LogP contribution in [0.2, 0.25) is 0 Å². The predicted molar refractivity (Wildman–Crippen MR) is 50.6 cm³/mol. The maximum atomic E-state index is 11.2. The lowest BCUT2D eigenvalue weighted by atomic mass is 10.0. The van der Waals surface area contributed by atoms with Gasteiger partial charge in [-0.3, -0.25) is 9.59 Å². The molecule has 0 saturated heterocycles. The minimum Gasteiger partial charge on any atom is -0.481 e. The van der Waals surface area contributed by atoms with Gasteiger partial charge in [0.2, 0.25) is 0 Å². The van der Waals surface area contributed by atoms with Crippen molar-refractivity contribution in [1.29, 1.82) is 0 Å². The molecule has 4 nitrogen and oxygen atoms in total. The summed E-state index contributed by atoms with van der Waals surface area (Å²) in [4.78, 5) is 21.5. The van der Waals surface area contributed by atoms with Gasteiger partial charge in [0.25, 0.3) is 0 Å². The monoisotopic (exact) mass is 193 g/mol. The summed E-state index contributed by atoms with van der Waals surface area (Å²) in [6, 6.07) is 7.87. The first-order chi connectivity index (χ1) is 6.61. The van der Waals surface area contributed by atoms with Gasteiger partial charge < -0.3 is 10.8 Å². The molecule has 0 aliphatic carbocycles. The Morgan fingerprint density at radius 1 is 1.29 bits per heavy atom. The molecule has 0 saturated carbocycles. The first kappa shape index (κ1) is 10.4. The molecule has 14 heavy (non-hydrogen) atoms. The van der Waals surface area contributed by atoms with Crippen LogP contribution in [0.3, 0.4) is 0 Å². The number of rotatable bonds is 4. The fourth-order valence-electron chi connectivity index (χ4n) is 1.11. The number of Topliss-reactive ketones (excluding diaryl/α,β-unsaturated/α-hetero) is 1. The molecule has 0 amide bonds. The highest BCUT2D eigenvalue weighted by Crippen LogP contribution is 2.11. The number of carboxylic acid groups (broad SMARTS) is 1. The highest BCUT2D eigenvalue weighted by Gasteiger charge is 2.17. The van der Waals surface area contributed by atoms with Crippen LogP contribution in [-0.2, 0) is 9.59 Å². The molecule has 1 unspecified atom stereocenters. The van der Waals surface area contributed by atoms with Crippen molar-refractivity contribution in [1.82, 2.24) is 0 Å². The molecular formula is C10H11NO3. The molecule has 3 N–H and O–H groups in total. The smallest absolute Gasteiger partial charge is 0.310 e. The molecule has 1 aromatic carbocycles. The number of hydrogen-bond donors (Lipinski definition) is 2. The predicted octanol–water partition coefficient (Wildman–Crippen LogP) is 0.730. The van der Waals surface area contributed by atoms with Crippen molar-refractivity contribution >= 4 is 11.8 Å². The van der Waals surface area contributed by atoms with Crippen molar-refractivity contribution in [2.24, 2.45) is 5.73 Å². The van der Waals surface area contributed by atoms with Gasteiger partial charge in [-0.1, -0.05) is 30.3 Å². The standard InChI is InChI=1S/C10H11NO3/c11-10(8(12)6-9(13)14)7-4-2-1-3-5-7/h1-5,10H,6,11H2,(H,13,14). The average Bonchev–Trinajstić information content (AvgIpc) is 2.17. The van der Waals surface area contributed by atoms with Crippen molar-refractivity contribution in [3.8, 4) is 0 Å². The van der Waals surface area contributed by atoms with Crippen LogP contribution in [-0.4, -0.2) is 16.9 Å². The lowest BCUT2D eigenvalue weighted by molar-refractivity contribution is -0.140. The van der Waals surface area contributed by atoms with Crippen LogP contribution in [0.4, 0.5) is 0 Å². The van der Waals surface area contributed by atoms with E-state index in [1.54, 1.807) is 30.3 Å². The fourth-order valence-corrected chi connectivity index (χ4v) is 1.11. The lowest BCUT2D eigenvalue weighted by Crippen LogP contribution is -2.23. The molecule has 74 valence electrons. The second-order valence-corrected chi connectivity index (χ2v) is 2.93. The summed E-state index contributed by atoms with van der Waals surface area (Å²) in [6.07, 6.45) is -0.532. The van der Waals surface area contributed by atoms with Gasteiger partial charge >= 0.3 is 5.97 Å². The zero-order valence-electron chi connectivity index (χ0n) is 7.51. The van der Waals surface area contributed by atoms with E-state index in [0.29, 0.717) is 5.56 Å². The summed E-state index contributed by atoms with van der Waals surface area (Å²) < 4.78 is 0. The van der Waals surface area contributed by atoms with Crippen LogP contribution in [0.5, 0.6) is 0 Å². The largest absolute Gasteiger partial charge is 0.481 e. The van der Waals surface area contributed by atoms with Crippen LogP contribution < -0.4 is 5.73 Å². The minimum atomic E-state index is -1.15. The third kappa shape index (κ3) is 2.67. The Balaban J connectivity index is 2.71. The molecule has 1 rings (SSSR count). The Kier molecular flexibility index (Phi) is 3.36. The van der Waals surface area contributed by atoms with Crippen LogP contribution in [0, 0.1) is 0 Å². The minimum absolute atomic E-state index is 0.483. The molecule has 0 heterocycles. The average molecular weight is 193 g/mol. The van der Waals surface area contributed by atoms with E-state index >= 15 is 0 Å². The maximum absolute atomic E-state index is 11.2. The molecule has 0 fully saturated rings. The molecule has 0 aliphatic heterocycles. The van der Waals surface area contributed by atoms with E-state index in [-0.39, 0.29) is 0 Å². The van der Waals surface area contributed by atoms with E-state index in [4.69, 9.17) is 10.8 Å². The topological polar surface area (TPSA) is 80.4 Å². The van der Waals surface area contributed by atoms with Crippen molar-refractivity contribution < 1.29 is 14.7 Å². The number of ketones is 1. The lowest BCUT2D eigenvalue weighted by Gasteiger charge is -2.08. The van der Waals surface area contributed by atoms with Crippen molar-refractivity contribution in [3.05, 3.63) is 35.9 Å². The molecule has 4 heteroatoms. The Hall–Kier alpha value is -1.68. The number of hydrogen-bond acceptors (Lipinski definition) is 3. The molecule has 0 radical (unpaired) electrons. The first-order valence-electron chi connectivity index (χ1n) is 4.16. The van der Waals surface area contributed by atoms with Gasteiger partial charge in [-0.15, -0.1) is 0 Å². The van der Waals surface area contributed by atoms with Gasteiger partial charge in [0.05, 0.1) is 6.04 Å². The third-order valence-corrected chi connectivity index (χ3v) is 1.83. The molecule has 0 aliphatic rings. The highest BCUT2D eigenvalue weighted by molar-refractivity contribution is 5.98. The quantitative estimate of drug-likeness (QED) is 0.691. The number of carbonyl (C=O) groups excluding carboxylic acids is 1. The van der Waals surface area contributed by atoms with Crippen LogP contribution >= 0.6 is 0 Å². The molecule has 1 aromatic rings.